The van der Waals surface area contributed by atoms with Crippen molar-refractivity contribution >= 4 is 27.0 Å². The molecule has 0 aliphatic carbocycles. The fourth-order valence-corrected chi connectivity index (χ4v) is 6.90. The predicted octanol–water partition coefficient (Wildman–Crippen LogP) is 8.34. The van der Waals surface area contributed by atoms with Gasteiger partial charge in [-0.2, -0.15) is 0 Å². The summed E-state index contributed by atoms with van der Waals surface area (Å²) in [4.78, 5) is 24.9. The van der Waals surface area contributed by atoms with E-state index in [2.05, 4.69) is 26.6 Å². The van der Waals surface area contributed by atoms with Gasteiger partial charge in [0, 0.05) is 6.20 Å². The number of ether oxygens (including phenoxy) is 1. The Bertz CT molecular complexity index is 1130. The Morgan fingerprint density at radius 2 is 1.47 bits per heavy atom. The number of H-pyrrole nitrogens is 1. The number of carbonyl (C=O) groups excluding carboxylic acids is 1. The quantitative estimate of drug-likeness (QED) is 0.0807. The molecule has 43 heavy (non-hydrogen) atoms. The van der Waals surface area contributed by atoms with E-state index in [-0.39, 0.29) is 11.7 Å². The van der Waals surface area contributed by atoms with Crippen molar-refractivity contribution in [2.24, 2.45) is 5.92 Å². The van der Waals surface area contributed by atoms with Gasteiger partial charge in [0.25, 0.3) is 0 Å². The van der Waals surface area contributed by atoms with Gasteiger partial charge in [0.1, 0.15) is 17.4 Å². The Kier molecular flexibility index (Phi) is 18.7. The predicted molar refractivity (Wildman–Crippen MR) is 178 cm³/mol. The first-order chi connectivity index (χ1) is 20.7. The maximum absolute atomic E-state index is 12.8. The van der Waals surface area contributed by atoms with Gasteiger partial charge in [0.05, 0.1) is 23.6 Å². The van der Waals surface area contributed by atoms with E-state index in [0.717, 1.165) is 41.8 Å². The molecular weight excluding hydrogens is 560 g/mol. The lowest BCUT2D eigenvalue weighted by Gasteiger charge is -2.19. The number of aryl methyl sites for hydroxylation is 2. The SMILES string of the molecule is CCCCCCCCCCCCCCCCCOC(=O)[C@H](CC(C)C)NS(=O)(=O)CCCCc1nccc2[nH]c(C)nc12. The smallest absolute Gasteiger partial charge is 0.324 e. The molecule has 0 unspecified atom stereocenters. The fourth-order valence-electron chi connectivity index (χ4n) is 5.57. The van der Waals surface area contributed by atoms with Crippen molar-refractivity contribution < 1.29 is 17.9 Å². The highest BCUT2D eigenvalue weighted by atomic mass is 32.2. The highest BCUT2D eigenvalue weighted by Crippen LogP contribution is 2.17. The zero-order valence-electron chi connectivity index (χ0n) is 27.6. The third-order valence-electron chi connectivity index (χ3n) is 7.98. The Hall–Kier alpha value is -2.00. The summed E-state index contributed by atoms with van der Waals surface area (Å²) in [6.07, 6.45) is 23.2. The molecule has 0 aromatic carbocycles. The van der Waals surface area contributed by atoms with Gasteiger partial charge >= 0.3 is 5.97 Å². The van der Waals surface area contributed by atoms with Gasteiger partial charge < -0.3 is 9.72 Å². The number of rotatable bonds is 26. The number of aromatic amines is 1. The number of aromatic nitrogens is 3. The van der Waals surface area contributed by atoms with E-state index in [4.69, 9.17) is 4.74 Å². The van der Waals surface area contributed by atoms with Crippen LogP contribution in [0.4, 0.5) is 0 Å². The third kappa shape index (κ3) is 16.6. The number of nitrogens with one attached hydrogen (secondary N) is 2. The van der Waals surface area contributed by atoms with Crippen LogP contribution in [0.3, 0.4) is 0 Å². The second kappa shape index (κ2) is 21.7. The molecule has 246 valence electrons. The Labute approximate surface area is 262 Å². The second-order valence-electron chi connectivity index (χ2n) is 12.7. The molecule has 0 radical (unpaired) electrons. The molecule has 2 aromatic rings. The minimum atomic E-state index is -3.62. The van der Waals surface area contributed by atoms with Crippen LogP contribution in [0.25, 0.3) is 11.0 Å². The Morgan fingerprint density at radius 1 is 0.884 bits per heavy atom. The van der Waals surface area contributed by atoms with Crippen LogP contribution in [0.2, 0.25) is 0 Å². The van der Waals surface area contributed by atoms with Gasteiger partial charge in [-0.1, -0.05) is 111 Å². The zero-order chi connectivity index (χ0) is 31.3. The van der Waals surface area contributed by atoms with E-state index in [9.17, 15) is 13.2 Å². The summed E-state index contributed by atoms with van der Waals surface area (Å²) >= 11 is 0. The van der Waals surface area contributed by atoms with Crippen LogP contribution in [-0.4, -0.2) is 47.7 Å². The lowest BCUT2D eigenvalue weighted by molar-refractivity contribution is -0.146. The molecular formula is C34H60N4O4S. The molecule has 2 heterocycles. The molecule has 0 fully saturated rings. The first-order valence-electron chi connectivity index (χ1n) is 17.2. The van der Waals surface area contributed by atoms with Gasteiger partial charge in [0.2, 0.25) is 10.0 Å². The van der Waals surface area contributed by atoms with E-state index in [1.165, 1.54) is 77.0 Å². The fraction of sp³-hybridized carbons (Fsp3) is 0.794. The van der Waals surface area contributed by atoms with Crippen molar-refractivity contribution in [3.05, 3.63) is 23.8 Å². The summed E-state index contributed by atoms with van der Waals surface area (Å²) in [6.45, 7) is 8.48. The highest BCUT2D eigenvalue weighted by Gasteiger charge is 2.26. The number of nitrogens with zero attached hydrogens (tertiary/aromatic N) is 2. The van der Waals surface area contributed by atoms with Crippen LogP contribution < -0.4 is 4.72 Å². The van der Waals surface area contributed by atoms with Gasteiger partial charge in [-0.15, -0.1) is 0 Å². The average molecular weight is 621 g/mol. The van der Waals surface area contributed by atoms with Crippen molar-refractivity contribution in [1.82, 2.24) is 19.7 Å². The van der Waals surface area contributed by atoms with Crippen molar-refractivity contribution in [2.45, 2.75) is 156 Å². The highest BCUT2D eigenvalue weighted by molar-refractivity contribution is 7.89. The minimum absolute atomic E-state index is 0.0382. The topological polar surface area (TPSA) is 114 Å². The van der Waals surface area contributed by atoms with E-state index in [1.54, 1.807) is 6.20 Å². The average Bonchev–Trinajstić information content (AvgIpc) is 3.35. The number of imidazole rings is 1. The molecule has 9 heteroatoms. The molecule has 1 atom stereocenters. The summed E-state index contributed by atoms with van der Waals surface area (Å²) in [5.41, 5.74) is 2.65. The molecule has 8 nitrogen and oxygen atoms in total. The van der Waals surface area contributed by atoms with Crippen LogP contribution in [0.5, 0.6) is 0 Å². The van der Waals surface area contributed by atoms with Gasteiger partial charge in [-0.05, 0) is 51.0 Å². The number of hydrogen-bond donors (Lipinski definition) is 2. The summed E-state index contributed by atoms with van der Waals surface area (Å²) < 4.78 is 33.8. The van der Waals surface area contributed by atoms with Crippen molar-refractivity contribution in [2.75, 3.05) is 12.4 Å². The maximum Gasteiger partial charge on any atom is 0.324 e. The van der Waals surface area contributed by atoms with E-state index < -0.39 is 22.0 Å². The van der Waals surface area contributed by atoms with Crippen molar-refractivity contribution in [3.8, 4) is 0 Å². The van der Waals surface area contributed by atoms with Crippen molar-refractivity contribution in [1.29, 1.82) is 0 Å². The summed E-state index contributed by atoms with van der Waals surface area (Å²) in [5, 5.41) is 0. The number of hydrogen-bond acceptors (Lipinski definition) is 6. The Morgan fingerprint density at radius 3 is 2.05 bits per heavy atom. The zero-order valence-corrected chi connectivity index (χ0v) is 28.4. The molecule has 2 aromatic heterocycles. The van der Waals surface area contributed by atoms with Crippen molar-refractivity contribution in [3.63, 3.8) is 0 Å². The van der Waals surface area contributed by atoms with E-state index >= 15 is 0 Å². The number of unbranched alkanes of at least 4 members (excludes halogenated alkanes) is 15. The van der Waals surface area contributed by atoms with Crippen LogP contribution >= 0.6 is 0 Å². The number of sulfonamides is 1. The normalized spacial score (nSPS) is 12.8. The molecule has 0 saturated heterocycles. The molecule has 0 spiro atoms. The summed E-state index contributed by atoms with van der Waals surface area (Å²) in [5.74, 6) is 0.491. The van der Waals surface area contributed by atoms with Crippen LogP contribution in [0.15, 0.2) is 12.3 Å². The first-order valence-corrected chi connectivity index (χ1v) is 18.8. The molecule has 0 aliphatic heterocycles. The van der Waals surface area contributed by atoms with Crippen LogP contribution in [0, 0.1) is 12.8 Å². The third-order valence-corrected chi connectivity index (χ3v) is 9.45. The second-order valence-corrected chi connectivity index (χ2v) is 14.5. The van der Waals surface area contributed by atoms with Crippen LogP contribution in [-0.2, 0) is 26.0 Å². The number of pyridine rings is 1. The molecule has 0 aliphatic rings. The molecule has 2 N–H and O–H groups in total. The van der Waals surface area contributed by atoms with Gasteiger partial charge in [0.15, 0.2) is 0 Å². The minimum Gasteiger partial charge on any atom is -0.465 e. The lowest BCUT2D eigenvalue weighted by atomic mass is 10.0. The summed E-state index contributed by atoms with van der Waals surface area (Å²) in [6, 6.07) is 1.05. The van der Waals surface area contributed by atoms with Crippen LogP contribution in [0.1, 0.15) is 148 Å². The molecule has 0 bridgehead atoms. The number of carbonyl (C=O) groups is 1. The summed E-state index contributed by atoms with van der Waals surface area (Å²) in [7, 11) is -3.62. The standard InChI is InChI=1S/C34H60N4O4S/c1-5-6-7-8-9-10-11-12-13-14-15-16-17-18-20-25-42-34(39)32(27-28(2)3)38-43(40,41)26-21-19-22-30-33-31(23-24-35-30)36-29(4)37-33/h23-24,28,32,38H,5-22,25-27H2,1-4H3,(H,36,37)/t32-/m0/s1. The van der Waals surface area contributed by atoms with Gasteiger partial charge in [-0.3, -0.25) is 9.78 Å². The lowest BCUT2D eigenvalue weighted by Crippen LogP contribution is -2.43. The van der Waals surface area contributed by atoms with E-state index in [1.807, 2.05) is 26.8 Å². The number of esters is 1. The monoisotopic (exact) mass is 620 g/mol. The van der Waals surface area contributed by atoms with Gasteiger partial charge in [-0.25, -0.2) is 18.1 Å². The Balaban J connectivity index is 1.57. The largest absolute Gasteiger partial charge is 0.465 e. The molecule has 2 rings (SSSR count). The molecule has 0 amide bonds. The first kappa shape index (κ1) is 37.2. The number of fused-ring (bicyclic) bond motifs is 1. The van der Waals surface area contributed by atoms with E-state index in [0.29, 0.717) is 32.3 Å². The molecule has 0 saturated carbocycles. The maximum atomic E-state index is 12.8.